The molecule has 0 saturated carbocycles. The van der Waals surface area contributed by atoms with Gasteiger partial charge in [0.15, 0.2) is 0 Å². The molecule has 7 nitrogen and oxygen atoms in total. The first-order valence-electron chi connectivity index (χ1n) is 6.15. The van der Waals surface area contributed by atoms with Crippen molar-refractivity contribution < 1.29 is 22.7 Å². The molecule has 1 aromatic carbocycles. The number of nitrogens with two attached hydrogens (primary N) is 1. The number of anilines is 1. The van der Waals surface area contributed by atoms with E-state index in [1.807, 2.05) is 0 Å². The van der Waals surface area contributed by atoms with Crippen molar-refractivity contribution in [2.75, 3.05) is 19.5 Å². The summed E-state index contributed by atoms with van der Waals surface area (Å²) in [5, 5.41) is 7.72. The molecule has 0 aromatic heterocycles. The largest absolute Gasteiger partial charge is 0.495 e. The molecule has 118 valence electrons. The van der Waals surface area contributed by atoms with E-state index in [2.05, 4.69) is 5.32 Å². The normalized spacial score (nSPS) is 12.0. The number of sulfonamides is 1. The lowest BCUT2D eigenvalue weighted by Crippen LogP contribution is -2.29. The highest BCUT2D eigenvalue weighted by atomic mass is 32.2. The van der Waals surface area contributed by atoms with Crippen LogP contribution in [0.2, 0.25) is 0 Å². The third kappa shape index (κ3) is 5.00. The number of hydrogen-bond acceptors (Lipinski definition) is 5. The smallest absolute Gasteiger partial charge is 0.241 e. The van der Waals surface area contributed by atoms with E-state index in [0.717, 1.165) is 0 Å². The van der Waals surface area contributed by atoms with Crippen LogP contribution in [0.4, 0.5) is 5.69 Å². The third-order valence-corrected chi connectivity index (χ3v) is 3.82. The molecule has 1 aromatic rings. The van der Waals surface area contributed by atoms with Gasteiger partial charge in [-0.1, -0.05) is 0 Å². The Labute approximate surface area is 124 Å². The molecule has 1 rings (SSSR count). The van der Waals surface area contributed by atoms with Crippen molar-refractivity contribution in [2.45, 2.75) is 30.8 Å². The second-order valence-electron chi connectivity index (χ2n) is 5.10. The van der Waals surface area contributed by atoms with Gasteiger partial charge in [0.25, 0.3) is 0 Å². The van der Waals surface area contributed by atoms with Crippen molar-refractivity contribution in [1.29, 1.82) is 0 Å². The van der Waals surface area contributed by atoms with Gasteiger partial charge in [0.1, 0.15) is 10.6 Å². The Morgan fingerprint density at radius 3 is 2.43 bits per heavy atom. The second-order valence-corrected chi connectivity index (χ2v) is 6.63. The van der Waals surface area contributed by atoms with Crippen LogP contribution in [0.3, 0.4) is 0 Å². The topological polar surface area (TPSA) is 108 Å². The van der Waals surface area contributed by atoms with Gasteiger partial charge in [0.05, 0.1) is 19.1 Å². The third-order valence-electron chi connectivity index (χ3n) is 2.89. The Kier molecular flexibility index (Phi) is 5.32. The van der Waals surface area contributed by atoms with E-state index >= 15 is 0 Å². The number of methoxy groups -OCH3 is 2. The molecule has 8 heteroatoms. The lowest BCUT2D eigenvalue weighted by Gasteiger charge is -2.22. The zero-order valence-corrected chi connectivity index (χ0v) is 13.3. The van der Waals surface area contributed by atoms with E-state index in [0.29, 0.717) is 5.69 Å². The SMILES string of the molecule is COc1ccc(NC(=O)CC(C)(C)OC)cc1S(N)(=O)=O. The highest BCUT2D eigenvalue weighted by molar-refractivity contribution is 7.89. The van der Waals surface area contributed by atoms with Crippen LogP contribution in [-0.4, -0.2) is 34.1 Å². The molecule has 0 aliphatic carbocycles. The van der Waals surface area contributed by atoms with E-state index < -0.39 is 15.6 Å². The summed E-state index contributed by atoms with van der Waals surface area (Å²) >= 11 is 0. The number of primary sulfonamides is 1. The molecular weight excluding hydrogens is 296 g/mol. The Morgan fingerprint density at radius 2 is 1.95 bits per heavy atom. The van der Waals surface area contributed by atoms with Gasteiger partial charge in [-0.3, -0.25) is 4.79 Å². The maximum atomic E-state index is 11.9. The number of hydrogen-bond donors (Lipinski definition) is 2. The molecule has 0 fully saturated rings. The quantitative estimate of drug-likeness (QED) is 0.817. The highest BCUT2D eigenvalue weighted by Gasteiger charge is 2.22. The summed E-state index contributed by atoms with van der Waals surface area (Å²) in [4.78, 5) is 11.7. The first-order valence-corrected chi connectivity index (χ1v) is 7.69. The van der Waals surface area contributed by atoms with Gasteiger partial charge in [0.2, 0.25) is 15.9 Å². The summed E-state index contributed by atoms with van der Waals surface area (Å²) in [6.45, 7) is 3.55. The molecule has 0 saturated heterocycles. The molecular formula is C13H20N2O5S. The summed E-state index contributed by atoms with van der Waals surface area (Å²) in [5.41, 5.74) is -0.295. The summed E-state index contributed by atoms with van der Waals surface area (Å²) < 4.78 is 33.1. The lowest BCUT2D eigenvalue weighted by molar-refractivity contribution is -0.121. The molecule has 21 heavy (non-hydrogen) atoms. The van der Waals surface area contributed by atoms with Crippen molar-refractivity contribution in [3.8, 4) is 5.75 Å². The summed E-state index contributed by atoms with van der Waals surface area (Å²) in [6, 6.07) is 4.22. The number of amides is 1. The number of ether oxygens (including phenoxy) is 2. The van der Waals surface area contributed by atoms with Crippen LogP contribution in [0, 0.1) is 0 Å². The van der Waals surface area contributed by atoms with Crippen molar-refractivity contribution in [1.82, 2.24) is 0 Å². The Bertz CT molecular complexity index is 625. The predicted molar refractivity (Wildman–Crippen MR) is 78.7 cm³/mol. The Hall–Kier alpha value is -1.64. The van der Waals surface area contributed by atoms with Crippen LogP contribution in [0.1, 0.15) is 20.3 Å². The molecule has 0 heterocycles. The molecule has 3 N–H and O–H groups in total. The monoisotopic (exact) mass is 316 g/mol. The van der Waals surface area contributed by atoms with Gasteiger partial charge in [-0.15, -0.1) is 0 Å². The molecule has 0 atom stereocenters. The minimum atomic E-state index is -3.94. The highest BCUT2D eigenvalue weighted by Crippen LogP contribution is 2.26. The van der Waals surface area contributed by atoms with E-state index in [1.54, 1.807) is 13.8 Å². The van der Waals surface area contributed by atoms with Crippen molar-refractivity contribution >= 4 is 21.6 Å². The summed E-state index contributed by atoms with van der Waals surface area (Å²) in [6.07, 6.45) is 0.125. The van der Waals surface area contributed by atoms with Crippen LogP contribution >= 0.6 is 0 Å². The van der Waals surface area contributed by atoms with Crippen molar-refractivity contribution in [2.24, 2.45) is 5.14 Å². The number of benzene rings is 1. The zero-order valence-electron chi connectivity index (χ0n) is 12.5. The van der Waals surface area contributed by atoms with Crippen LogP contribution in [0.5, 0.6) is 5.75 Å². The molecule has 0 aliphatic heterocycles. The zero-order chi connectivity index (χ0) is 16.3. The van der Waals surface area contributed by atoms with E-state index in [9.17, 15) is 13.2 Å². The van der Waals surface area contributed by atoms with Gasteiger partial charge in [0, 0.05) is 12.8 Å². The van der Waals surface area contributed by atoms with Crippen molar-refractivity contribution in [3.05, 3.63) is 18.2 Å². The fourth-order valence-corrected chi connectivity index (χ4v) is 2.36. The summed E-state index contributed by atoms with van der Waals surface area (Å²) in [7, 11) is -1.09. The van der Waals surface area contributed by atoms with Crippen LogP contribution in [-0.2, 0) is 19.6 Å². The van der Waals surface area contributed by atoms with Gasteiger partial charge in [-0.05, 0) is 32.0 Å². The average molecular weight is 316 g/mol. The first kappa shape index (κ1) is 17.4. The summed E-state index contributed by atoms with van der Waals surface area (Å²) in [5.74, 6) is -0.180. The lowest BCUT2D eigenvalue weighted by atomic mass is 10.0. The van der Waals surface area contributed by atoms with Crippen LogP contribution < -0.4 is 15.2 Å². The Morgan fingerprint density at radius 1 is 1.33 bits per heavy atom. The number of carbonyl (C=O) groups excluding carboxylic acids is 1. The maximum absolute atomic E-state index is 11.9. The van der Waals surface area contributed by atoms with Crippen LogP contribution in [0.15, 0.2) is 23.1 Å². The number of nitrogens with one attached hydrogen (secondary N) is 1. The fraction of sp³-hybridized carbons (Fsp3) is 0.462. The standard InChI is InChI=1S/C13H20N2O5S/c1-13(2,20-4)8-12(16)15-9-5-6-10(19-3)11(7-9)21(14,17)18/h5-7H,8H2,1-4H3,(H,15,16)(H2,14,17,18). The van der Waals surface area contributed by atoms with E-state index in [-0.39, 0.29) is 23.0 Å². The fourth-order valence-electron chi connectivity index (χ4n) is 1.64. The van der Waals surface area contributed by atoms with Crippen molar-refractivity contribution in [3.63, 3.8) is 0 Å². The molecule has 1 amide bonds. The maximum Gasteiger partial charge on any atom is 0.241 e. The van der Waals surface area contributed by atoms with Crippen LogP contribution in [0.25, 0.3) is 0 Å². The van der Waals surface area contributed by atoms with E-state index in [4.69, 9.17) is 14.6 Å². The first-order chi connectivity index (χ1) is 9.59. The Balaban J connectivity index is 2.99. The van der Waals surface area contributed by atoms with Gasteiger partial charge in [-0.25, -0.2) is 13.6 Å². The number of carbonyl (C=O) groups is 1. The molecule has 0 spiro atoms. The van der Waals surface area contributed by atoms with Gasteiger partial charge in [-0.2, -0.15) is 0 Å². The molecule has 0 bridgehead atoms. The minimum Gasteiger partial charge on any atom is -0.495 e. The second kappa shape index (κ2) is 6.42. The molecule has 0 aliphatic rings. The molecule has 0 unspecified atom stereocenters. The molecule has 0 radical (unpaired) electrons. The van der Waals surface area contributed by atoms with E-state index in [1.165, 1.54) is 32.4 Å². The minimum absolute atomic E-state index is 0.118. The number of rotatable bonds is 6. The predicted octanol–water partition coefficient (Wildman–Crippen LogP) is 1.10. The van der Waals surface area contributed by atoms with Gasteiger partial charge < -0.3 is 14.8 Å². The van der Waals surface area contributed by atoms with Gasteiger partial charge >= 0.3 is 0 Å². The average Bonchev–Trinajstić information content (AvgIpc) is 2.37.